The van der Waals surface area contributed by atoms with Gasteiger partial charge in [-0.25, -0.2) is 28.8 Å². The topological polar surface area (TPSA) is 158 Å². The molecule has 0 rings (SSSR count). The van der Waals surface area contributed by atoms with E-state index in [1.165, 1.54) is 20.8 Å². The molecule has 0 bridgehead atoms. The van der Waals surface area contributed by atoms with Crippen LogP contribution in [0.3, 0.4) is 0 Å². The highest BCUT2D eigenvalue weighted by Crippen LogP contribution is 2.39. The second-order valence-electron chi connectivity index (χ2n) is 8.51. The molecule has 0 heterocycles. The van der Waals surface area contributed by atoms with Crippen molar-refractivity contribution in [2.45, 2.75) is 53.3 Å². The monoisotopic (exact) mass is 548 g/mol. The van der Waals surface area contributed by atoms with Gasteiger partial charge in [0, 0.05) is 33.4 Å². The maximum absolute atomic E-state index is 12.8. The Balaban J connectivity index is 7.94. The third-order valence-electron chi connectivity index (χ3n) is 4.15. The highest BCUT2D eigenvalue weighted by atomic mass is 16.9. The lowest BCUT2D eigenvalue weighted by atomic mass is 10.2. The van der Waals surface area contributed by atoms with Crippen molar-refractivity contribution in [3.63, 3.8) is 0 Å². The molecule has 12 nitrogen and oxygen atoms in total. The number of carbonyl (C=O) groups is 6. The molecular weight excluding hydrogens is 516 g/mol. The largest absolute Gasteiger partial charge is 0.511 e. The predicted octanol–water partition coefficient (Wildman–Crippen LogP) is 3.05. The summed E-state index contributed by atoms with van der Waals surface area (Å²) in [6.45, 7) is 26.1. The summed E-state index contributed by atoms with van der Waals surface area (Å²) >= 11 is 0. The standard InChI is InChI=1S/C27H32O12/c1-14(2)20(28)34-13-26(35-21(29)15(3)4,36-22(30)16(5)6)27(37-23(31)17(7)8,38-24(32)18(9)10)39-25(33)19(11)12/h1,3,5,7,9,11,13H2,2,4,6,8,10,12H3. The van der Waals surface area contributed by atoms with Gasteiger partial charge in [0.1, 0.15) is 0 Å². The van der Waals surface area contributed by atoms with Crippen molar-refractivity contribution in [1.29, 1.82) is 0 Å². The van der Waals surface area contributed by atoms with Gasteiger partial charge in [-0.3, -0.25) is 0 Å². The molecule has 0 spiro atoms. The fourth-order valence-electron chi connectivity index (χ4n) is 1.97. The Morgan fingerprint density at radius 1 is 0.436 bits per heavy atom. The molecule has 0 aromatic heterocycles. The summed E-state index contributed by atoms with van der Waals surface area (Å²) in [5.41, 5.74) is -1.86. The summed E-state index contributed by atoms with van der Waals surface area (Å²) in [6.07, 6.45) is 0. The molecule has 0 aliphatic heterocycles. The first-order chi connectivity index (χ1) is 17.7. The average molecular weight is 549 g/mol. The summed E-state index contributed by atoms with van der Waals surface area (Å²) < 4.78 is 31.4. The molecule has 39 heavy (non-hydrogen) atoms. The predicted molar refractivity (Wildman–Crippen MR) is 136 cm³/mol. The Hall–Kier alpha value is -4.74. The highest BCUT2D eigenvalue weighted by molar-refractivity contribution is 5.92. The summed E-state index contributed by atoms with van der Waals surface area (Å²) in [7, 11) is 0. The van der Waals surface area contributed by atoms with E-state index in [9.17, 15) is 28.8 Å². The van der Waals surface area contributed by atoms with Crippen LogP contribution in [0.15, 0.2) is 72.9 Å². The quantitative estimate of drug-likeness (QED) is 0.135. The van der Waals surface area contributed by atoms with Crippen LogP contribution in [0.2, 0.25) is 0 Å². The second kappa shape index (κ2) is 13.7. The van der Waals surface area contributed by atoms with E-state index in [2.05, 4.69) is 39.5 Å². The Morgan fingerprint density at radius 2 is 0.667 bits per heavy atom. The SMILES string of the molecule is C=C(C)C(=O)OCC(OC(=O)C(=C)C)(OC(=O)C(=C)C)C(OC(=O)C(=C)C)(OC(=O)C(=C)C)OC(=O)C(=C)C. The molecular formula is C27H32O12. The normalized spacial score (nSPS) is 10.6. The van der Waals surface area contributed by atoms with Crippen LogP contribution in [-0.2, 0) is 57.2 Å². The van der Waals surface area contributed by atoms with Crippen molar-refractivity contribution in [3.05, 3.63) is 72.9 Å². The minimum atomic E-state index is -3.62. The Morgan fingerprint density at radius 3 is 0.897 bits per heavy atom. The zero-order chi connectivity index (χ0) is 30.9. The molecule has 0 saturated heterocycles. The zero-order valence-corrected chi connectivity index (χ0v) is 22.8. The summed E-state index contributed by atoms with van der Waals surface area (Å²) in [5.74, 6) is -15.0. The van der Waals surface area contributed by atoms with Gasteiger partial charge >= 0.3 is 47.6 Å². The lowest BCUT2D eigenvalue weighted by molar-refractivity contribution is -0.442. The van der Waals surface area contributed by atoms with Crippen LogP contribution < -0.4 is 0 Å². The number of hydrogen-bond acceptors (Lipinski definition) is 12. The summed E-state index contributed by atoms with van der Waals surface area (Å²) in [6, 6.07) is 0. The van der Waals surface area contributed by atoms with E-state index in [0.717, 1.165) is 20.8 Å². The zero-order valence-electron chi connectivity index (χ0n) is 22.8. The fourth-order valence-corrected chi connectivity index (χ4v) is 1.97. The maximum atomic E-state index is 12.8. The number of ether oxygens (including phenoxy) is 6. The fraction of sp³-hybridized carbons (Fsp3) is 0.333. The minimum Gasteiger partial charge on any atom is -0.453 e. The number of hydrogen-bond donors (Lipinski definition) is 0. The van der Waals surface area contributed by atoms with E-state index in [-0.39, 0.29) is 33.4 Å². The van der Waals surface area contributed by atoms with Crippen LogP contribution in [0, 0.1) is 0 Å². The van der Waals surface area contributed by atoms with Gasteiger partial charge < -0.3 is 28.4 Å². The average Bonchev–Trinajstić information content (AvgIpc) is 2.81. The molecule has 0 aromatic carbocycles. The first kappa shape index (κ1) is 34.3. The van der Waals surface area contributed by atoms with Crippen LogP contribution in [0.5, 0.6) is 0 Å². The number of carbonyl (C=O) groups excluding carboxylic acids is 6. The molecule has 0 radical (unpaired) electrons. The van der Waals surface area contributed by atoms with E-state index >= 15 is 0 Å². The van der Waals surface area contributed by atoms with E-state index in [1.54, 1.807) is 0 Å². The maximum Gasteiger partial charge on any atom is 0.511 e. The van der Waals surface area contributed by atoms with Crippen LogP contribution in [0.25, 0.3) is 0 Å². The third kappa shape index (κ3) is 9.26. The second-order valence-corrected chi connectivity index (χ2v) is 8.51. The van der Waals surface area contributed by atoms with Crippen LogP contribution in [0.1, 0.15) is 41.5 Å². The summed E-state index contributed by atoms with van der Waals surface area (Å²) in [4.78, 5) is 76.4. The van der Waals surface area contributed by atoms with Crippen LogP contribution in [-0.4, -0.2) is 54.2 Å². The van der Waals surface area contributed by atoms with Gasteiger partial charge in [0.25, 0.3) is 0 Å². The van der Waals surface area contributed by atoms with E-state index < -0.39 is 54.2 Å². The van der Waals surface area contributed by atoms with Gasteiger partial charge in [0.2, 0.25) is 0 Å². The Bertz CT molecular complexity index is 1070. The van der Waals surface area contributed by atoms with Gasteiger partial charge in [-0.05, 0) is 41.5 Å². The van der Waals surface area contributed by atoms with Crippen molar-refractivity contribution in [2.75, 3.05) is 6.61 Å². The number of rotatable bonds is 14. The lowest BCUT2D eigenvalue weighted by Crippen LogP contribution is -2.68. The van der Waals surface area contributed by atoms with Gasteiger partial charge in [0.05, 0.1) is 0 Å². The smallest absolute Gasteiger partial charge is 0.453 e. The lowest BCUT2D eigenvalue weighted by Gasteiger charge is -2.43. The minimum absolute atomic E-state index is 0.177. The van der Waals surface area contributed by atoms with Crippen molar-refractivity contribution < 1.29 is 57.2 Å². The molecule has 0 aliphatic carbocycles. The molecule has 0 aliphatic rings. The molecule has 0 fully saturated rings. The Labute approximate surface area is 226 Å². The van der Waals surface area contributed by atoms with E-state index in [1.807, 2.05) is 0 Å². The van der Waals surface area contributed by atoms with Gasteiger partial charge in [0.15, 0.2) is 6.61 Å². The molecule has 12 heteroatoms. The van der Waals surface area contributed by atoms with Crippen molar-refractivity contribution in [1.82, 2.24) is 0 Å². The van der Waals surface area contributed by atoms with Crippen LogP contribution in [0.4, 0.5) is 0 Å². The van der Waals surface area contributed by atoms with E-state index in [4.69, 9.17) is 28.4 Å². The third-order valence-corrected chi connectivity index (χ3v) is 4.15. The van der Waals surface area contributed by atoms with Gasteiger partial charge in [-0.1, -0.05) is 39.5 Å². The van der Waals surface area contributed by atoms with Crippen molar-refractivity contribution in [3.8, 4) is 0 Å². The molecule has 0 atom stereocenters. The molecule has 0 aromatic rings. The van der Waals surface area contributed by atoms with Crippen molar-refractivity contribution >= 4 is 35.8 Å². The summed E-state index contributed by atoms with van der Waals surface area (Å²) in [5, 5.41) is 0. The molecule has 0 saturated carbocycles. The molecule has 0 amide bonds. The molecule has 0 unspecified atom stereocenters. The van der Waals surface area contributed by atoms with E-state index in [0.29, 0.717) is 0 Å². The van der Waals surface area contributed by atoms with Crippen LogP contribution >= 0.6 is 0 Å². The van der Waals surface area contributed by atoms with Crippen molar-refractivity contribution in [2.24, 2.45) is 0 Å². The first-order valence-corrected chi connectivity index (χ1v) is 11.0. The molecule has 212 valence electrons. The van der Waals surface area contributed by atoms with Gasteiger partial charge in [-0.2, -0.15) is 0 Å². The first-order valence-electron chi connectivity index (χ1n) is 11.0. The Kier molecular flexibility index (Phi) is 12.0. The van der Waals surface area contributed by atoms with Gasteiger partial charge in [-0.15, -0.1) is 0 Å². The molecule has 0 N–H and O–H groups in total. The highest BCUT2D eigenvalue weighted by Gasteiger charge is 2.71. The number of esters is 6.